The molecular formula is C18H23BrFN5O. The van der Waals surface area contributed by atoms with Crippen LogP contribution in [0.1, 0.15) is 17.2 Å². The lowest BCUT2D eigenvalue weighted by atomic mass is 10.1. The van der Waals surface area contributed by atoms with E-state index in [1.165, 1.54) is 6.07 Å². The third-order valence-corrected chi connectivity index (χ3v) is 4.85. The van der Waals surface area contributed by atoms with Crippen molar-refractivity contribution in [2.75, 3.05) is 33.3 Å². The molecule has 0 amide bonds. The summed E-state index contributed by atoms with van der Waals surface area (Å²) in [6, 6.07) is 5.00. The van der Waals surface area contributed by atoms with Crippen LogP contribution in [0.4, 0.5) is 4.39 Å². The molecule has 0 bridgehead atoms. The Bertz CT molecular complexity index is 779. The smallest absolute Gasteiger partial charge is 0.193 e. The quantitative estimate of drug-likeness (QED) is 0.606. The van der Waals surface area contributed by atoms with Gasteiger partial charge in [0.25, 0.3) is 0 Å². The molecule has 0 saturated carbocycles. The first-order valence-electron chi connectivity index (χ1n) is 8.56. The van der Waals surface area contributed by atoms with Gasteiger partial charge in [-0.15, -0.1) is 0 Å². The Hall–Kier alpha value is -1.93. The van der Waals surface area contributed by atoms with E-state index in [9.17, 15) is 4.39 Å². The first-order chi connectivity index (χ1) is 12.6. The molecule has 1 unspecified atom stereocenters. The molecule has 1 aliphatic rings. The second kappa shape index (κ2) is 8.64. The molecule has 0 radical (unpaired) electrons. The third-order valence-electron chi connectivity index (χ3n) is 4.36. The molecule has 8 heteroatoms. The number of nitrogens with one attached hydrogen (secondary N) is 1. The summed E-state index contributed by atoms with van der Waals surface area (Å²) in [5.41, 5.74) is 1.74. The number of guanidine groups is 1. The number of benzene rings is 1. The second-order valence-corrected chi connectivity index (χ2v) is 7.13. The summed E-state index contributed by atoms with van der Waals surface area (Å²) >= 11 is 3.38. The van der Waals surface area contributed by atoms with Crippen LogP contribution in [0.15, 0.2) is 40.1 Å². The topological polar surface area (TPSA) is 54.7 Å². The van der Waals surface area contributed by atoms with Crippen LogP contribution in [0.3, 0.4) is 0 Å². The van der Waals surface area contributed by atoms with E-state index in [1.54, 1.807) is 17.8 Å². The van der Waals surface area contributed by atoms with Crippen LogP contribution >= 0.6 is 15.9 Å². The van der Waals surface area contributed by atoms with Gasteiger partial charge in [-0.3, -0.25) is 9.67 Å². The number of hydrogen-bond donors (Lipinski definition) is 1. The molecule has 3 rings (SSSR count). The fourth-order valence-corrected chi connectivity index (χ4v) is 3.43. The van der Waals surface area contributed by atoms with E-state index in [4.69, 9.17) is 4.74 Å². The summed E-state index contributed by atoms with van der Waals surface area (Å²) in [6.45, 7) is 2.70. The number of ether oxygens (including phenoxy) is 1. The monoisotopic (exact) mass is 423 g/mol. The van der Waals surface area contributed by atoms with Gasteiger partial charge in [0, 0.05) is 43.4 Å². The van der Waals surface area contributed by atoms with Crippen molar-refractivity contribution in [1.82, 2.24) is 20.0 Å². The lowest BCUT2D eigenvalue weighted by Gasteiger charge is -2.34. The lowest BCUT2D eigenvalue weighted by molar-refractivity contribution is -0.00800. The lowest BCUT2D eigenvalue weighted by Crippen LogP contribution is -2.48. The number of aliphatic imine (C=N–C) groups is 1. The van der Waals surface area contributed by atoms with E-state index in [0.717, 1.165) is 22.5 Å². The van der Waals surface area contributed by atoms with E-state index < -0.39 is 0 Å². The van der Waals surface area contributed by atoms with Gasteiger partial charge in [-0.2, -0.15) is 5.10 Å². The fourth-order valence-electron chi connectivity index (χ4n) is 3.03. The van der Waals surface area contributed by atoms with Gasteiger partial charge in [-0.05, 0) is 30.2 Å². The number of halogens is 2. The average molecular weight is 424 g/mol. The highest BCUT2D eigenvalue weighted by Crippen LogP contribution is 2.21. The molecule has 1 aromatic carbocycles. The van der Waals surface area contributed by atoms with Crippen LogP contribution in [0.5, 0.6) is 0 Å². The molecule has 2 aromatic rings. The maximum atomic E-state index is 13.9. The Kier molecular flexibility index (Phi) is 6.26. The molecule has 1 atom stereocenters. The third kappa shape index (κ3) is 4.62. The summed E-state index contributed by atoms with van der Waals surface area (Å²) in [7, 11) is 3.65. The van der Waals surface area contributed by atoms with E-state index >= 15 is 0 Å². The minimum absolute atomic E-state index is 0.0291. The summed E-state index contributed by atoms with van der Waals surface area (Å²) in [4.78, 5) is 6.53. The zero-order valence-corrected chi connectivity index (χ0v) is 16.5. The van der Waals surface area contributed by atoms with Crippen LogP contribution in [-0.4, -0.2) is 53.9 Å². The largest absolute Gasteiger partial charge is 0.370 e. The number of hydrogen-bond acceptors (Lipinski definition) is 3. The molecular weight excluding hydrogens is 401 g/mol. The zero-order valence-electron chi connectivity index (χ0n) is 15.0. The molecule has 1 N–H and O–H groups in total. The summed E-state index contributed by atoms with van der Waals surface area (Å²) in [5.74, 6) is 0.616. The number of morpholine rings is 1. The second-order valence-electron chi connectivity index (χ2n) is 6.21. The number of aryl methyl sites for hydroxylation is 1. The van der Waals surface area contributed by atoms with E-state index in [0.29, 0.717) is 31.7 Å². The van der Waals surface area contributed by atoms with Crippen molar-refractivity contribution in [3.63, 3.8) is 0 Å². The van der Waals surface area contributed by atoms with Crippen molar-refractivity contribution >= 4 is 21.9 Å². The minimum Gasteiger partial charge on any atom is -0.370 e. The van der Waals surface area contributed by atoms with Crippen LogP contribution in [-0.2, 0) is 18.2 Å². The van der Waals surface area contributed by atoms with Gasteiger partial charge in [0.1, 0.15) is 11.9 Å². The standard InChI is InChI=1S/C18H23BrFN5O/c1-21-18(22-6-5-13-9-15(19)3-4-16(13)20)25-7-8-26-17(12-25)14-10-23-24(2)11-14/h3-4,9-11,17H,5-8,12H2,1-2H3,(H,21,22). The average Bonchev–Trinajstić information content (AvgIpc) is 3.08. The first kappa shape index (κ1) is 18.8. The molecule has 1 saturated heterocycles. The Balaban J connectivity index is 1.57. The van der Waals surface area contributed by atoms with Gasteiger partial charge in [-0.25, -0.2) is 4.39 Å². The predicted molar refractivity (Wildman–Crippen MR) is 103 cm³/mol. The minimum atomic E-state index is -0.187. The highest BCUT2D eigenvalue weighted by atomic mass is 79.9. The molecule has 1 aromatic heterocycles. The predicted octanol–water partition coefficient (Wildman–Crippen LogP) is 2.51. The molecule has 140 valence electrons. The molecule has 6 nitrogen and oxygen atoms in total. The zero-order chi connectivity index (χ0) is 18.5. The van der Waals surface area contributed by atoms with Crippen molar-refractivity contribution < 1.29 is 9.13 Å². The fraction of sp³-hybridized carbons (Fsp3) is 0.444. The number of aromatic nitrogens is 2. The van der Waals surface area contributed by atoms with Gasteiger partial charge in [-0.1, -0.05) is 15.9 Å². The van der Waals surface area contributed by atoms with Crippen molar-refractivity contribution in [1.29, 1.82) is 0 Å². The molecule has 26 heavy (non-hydrogen) atoms. The van der Waals surface area contributed by atoms with Crippen molar-refractivity contribution in [2.45, 2.75) is 12.5 Å². The highest BCUT2D eigenvalue weighted by Gasteiger charge is 2.25. The number of nitrogens with zero attached hydrogens (tertiary/aromatic N) is 4. The van der Waals surface area contributed by atoms with Crippen LogP contribution in [0, 0.1) is 5.82 Å². The SMILES string of the molecule is CN=C(NCCc1cc(Br)ccc1F)N1CCOC(c2cnn(C)c2)C1. The summed E-state index contributed by atoms with van der Waals surface area (Å²) in [6.07, 6.45) is 4.36. The summed E-state index contributed by atoms with van der Waals surface area (Å²) < 4.78 is 22.4. The number of rotatable bonds is 4. The maximum Gasteiger partial charge on any atom is 0.193 e. The molecule has 0 aliphatic carbocycles. The summed E-state index contributed by atoms with van der Waals surface area (Å²) in [5, 5.41) is 7.54. The van der Waals surface area contributed by atoms with Crippen LogP contribution in [0.2, 0.25) is 0 Å². The van der Waals surface area contributed by atoms with Crippen molar-refractivity contribution in [3.05, 3.63) is 52.0 Å². The molecule has 1 fully saturated rings. The first-order valence-corrected chi connectivity index (χ1v) is 9.36. The van der Waals surface area contributed by atoms with Gasteiger partial charge < -0.3 is 15.0 Å². The van der Waals surface area contributed by atoms with E-state index in [2.05, 4.69) is 36.2 Å². The maximum absolute atomic E-state index is 13.9. The molecule has 1 aliphatic heterocycles. The van der Waals surface area contributed by atoms with Gasteiger partial charge >= 0.3 is 0 Å². The Labute approximate surface area is 161 Å². The molecule has 2 heterocycles. The normalized spacial score (nSPS) is 18.2. The van der Waals surface area contributed by atoms with Gasteiger partial charge in [0.05, 0.1) is 19.3 Å². The van der Waals surface area contributed by atoms with Crippen molar-refractivity contribution in [2.24, 2.45) is 12.0 Å². The van der Waals surface area contributed by atoms with Crippen LogP contribution in [0.25, 0.3) is 0 Å². The van der Waals surface area contributed by atoms with Gasteiger partial charge in [0.2, 0.25) is 0 Å². The Morgan fingerprint density at radius 2 is 2.35 bits per heavy atom. The van der Waals surface area contributed by atoms with Crippen LogP contribution < -0.4 is 5.32 Å². The molecule has 0 spiro atoms. The van der Waals surface area contributed by atoms with E-state index in [-0.39, 0.29) is 11.9 Å². The Morgan fingerprint density at radius 1 is 1.50 bits per heavy atom. The highest BCUT2D eigenvalue weighted by molar-refractivity contribution is 9.10. The Morgan fingerprint density at radius 3 is 3.08 bits per heavy atom. The van der Waals surface area contributed by atoms with E-state index in [1.807, 2.05) is 25.5 Å². The van der Waals surface area contributed by atoms with Gasteiger partial charge in [0.15, 0.2) is 5.96 Å². The van der Waals surface area contributed by atoms with Crippen molar-refractivity contribution in [3.8, 4) is 0 Å².